The molecule has 0 spiro atoms. The van der Waals surface area contributed by atoms with Gasteiger partial charge in [0.25, 0.3) is 0 Å². The molecule has 1 amide bonds. The van der Waals surface area contributed by atoms with Crippen LogP contribution >= 0.6 is 0 Å². The molecule has 1 aliphatic heterocycles. The Morgan fingerprint density at radius 2 is 2.10 bits per heavy atom. The summed E-state index contributed by atoms with van der Waals surface area (Å²) in [5.74, 6) is 1.30. The van der Waals surface area contributed by atoms with E-state index < -0.39 is 0 Å². The highest BCUT2D eigenvalue weighted by atomic mass is 16.1. The van der Waals surface area contributed by atoms with E-state index in [9.17, 15) is 4.79 Å². The maximum Gasteiger partial charge on any atom is 0.233 e. The van der Waals surface area contributed by atoms with E-state index in [-0.39, 0.29) is 5.91 Å². The fourth-order valence-corrected chi connectivity index (χ4v) is 2.82. The second kappa shape index (κ2) is 9.35. The molecule has 118 valence electrons. The monoisotopic (exact) mass is 283 g/mol. The fourth-order valence-electron chi connectivity index (χ4n) is 2.82. The van der Waals surface area contributed by atoms with Gasteiger partial charge >= 0.3 is 0 Å². The third-order valence-corrected chi connectivity index (χ3v) is 4.08. The zero-order chi connectivity index (χ0) is 15.0. The summed E-state index contributed by atoms with van der Waals surface area (Å²) in [5.41, 5.74) is 0. The van der Waals surface area contributed by atoms with Gasteiger partial charge < -0.3 is 15.5 Å². The zero-order valence-electron chi connectivity index (χ0n) is 13.7. The molecule has 1 rings (SSSR count). The lowest BCUT2D eigenvalue weighted by atomic mass is 9.91. The highest BCUT2D eigenvalue weighted by Crippen LogP contribution is 2.19. The lowest BCUT2D eigenvalue weighted by Gasteiger charge is -2.36. The second-order valence-corrected chi connectivity index (χ2v) is 6.57. The maximum atomic E-state index is 11.7. The molecule has 1 saturated heterocycles. The van der Waals surface area contributed by atoms with Crippen LogP contribution in [-0.4, -0.2) is 49.6 Å². The minimum Gasteiger partial charge on any atom is -0.355 e. The highest BCUT2D eigenvalue weighted by molar-refractivity contribution is 5.77. The van der Waals surface area contributed by atoms with Gasteiger partial charge in [0.05, 0.1) is 6.54 Å². The van der Waals surface area contributed by atoms with Crippen molar-refractivity contribution in [2.45, 2.75) is 53.0 Å². The Hall–Kier alpha value is -0.610. The van der Waals surface area contributed by atoms with Crippen LogP contribution in [0.5, 0.6) is 0 Å². The average molecular weight is 283 g/mol. The number of amides is 1. The van der Waals surface area contributed by atoms with Gasteiger partial charge in [-0.25, -0.2) is 0 Å². The molecule has 4 heteroatoms. The Morgan fingerprint density at radius 3 is 2.75 bits per heavy atom. The molecular weight excluding hydrogens is 250 g/mol. The number of nitrogens with one attached hydrogen (secondary N) is 2. The average Bonchev–Trinajstić information content (AvgIpc) is 2.43. The first-order chi connectivity index (χ1) is 9.52. The number of likely N-dealkylation sites (tertiary alicyclic amines) is 1. The van der Waals surface area contributed by atoms with Gasteiger partial charge in [-0.3, -0.25) is 4.79 Å². The van der Waals surface area contributed by atoms with Crippen molar-refractivity contribution in [2.24, 2.45) is 11.8 Å². The SMILES string of the molecule is CCCN1CCCC(C(C)NCC(=O)NCC(C)C)C1. The van der Waals surface area contributed by atoms with Crippen LogP contribution in [0.4, 0.5) is 0 Å². The molecule has 1 aliphatic rings. The molecule has 2 atom stereocenters. The van der Waals surface area contributed by atoms with Crippen molar-refractivity contribution in [2.75, 3.05) is 32.7 Å². The van der Waals surface area contributed by atoms with Gasteiger partial charge in [-0.15, -0.1) is 0 Å². The summed E-state index contributed by atoms with van der Waals surface area (Å²) in [6.07, 6.45) is 3.80. The first-order valence-corrected chi connectivity index (χ1v) is 8.25. The number of hydrogen-bond acceptors (Lipinski definition) is 3. The van der Waals surface area contributed by atoms with Crippen molar-refractivity contribution in [1.29, 1.82) is 0 Å². The quantitative estimate of drug-likeness (QED) is 0.714. The van der Waals surface area contributed by atoms with Crippen LogP contribution in [-0.2, 0) is 4.79 Å². The number of rotatable bonds is 8. The molecule has 4 nitrogen and oxygen atoms in total. The predicted octanol–water partition coefficient (Wildman–Crippen LogP) is 1.86. The van der Waals surface area contributed by atoms with Crippen molar-refractivity contribution >= 4 is 5.91 Å². The second-order valence-electron chi connectivity index (χ2n) is 6.57. The molecule has 0 aliphatic carbocycles. The number of carbonyl (C=O) groups excluding carboxylic acids is 1. The van der Waals surface area contributed by atoms with Gasteiger partial charge in [-0.05, 0) is 51.1 Å². The van der Waals surface area contributed by atoms with Crippen molar-refractivity contribution in [3.8, 4) is 0 Å². The van der Waals surface area contributed by atoms with Gasteiger partial charge in [0, 0.05) is 19.1 Å². The smallest absolute Gasteiger partial charge is 0.233 e. The van der Waals surface area contributed by atoms with E-state index in [1.165, 1.54) is 38.9 Å². The molecule has 0 bridgehead atoms. The third kappa shape index (κ3) is 6.71. The normalized spacial score (nSPS) is 21.9. The van der Waals surface area contributed by atoms with Gasteiger partial charge in [0.1, 0.15) is 0 Å². The van der Waals surface area contributed by atoms with Crippen LogP contribution < -0.4 is 10.6 Å². The van der Waals surface area contributed by atoms with E-state index in [4.69, 9.17) is 0 Å². The molecule has 20 heavy (non-hydrogen) atoms. The number of piperidine rings is 1. The van der Waals surface area contributed by atoms with Crippen molar-refractivity contribution < 1.29 is 4.79 Å². The molecule has 2 N–H and O–H groups in total. The topological polar surface area (TPSA) is 44.4 Å². The van der Waals surface area contributed by atoms with Crippen molar-refractivity contribution in [3.05, 3.63) is 0 Å². The molecule has 1 heterocycles. The van der Waals surface area contributed by atoms with Crippen LogP contribution in [0.15, 0.2) is 0 Å². The fraction of sp³-hybridized carbons (Fsp3) is 0.938. The maximum absolute atomic E-state index is 11.7. The van der Waals surface area contributed by atoms with E-state index in [0.29, 0.717) is 24.4 Å². The Kier molecular flexibility index (Phi) is 8.15. The van der Waals surface area contributed by atoms with Crippen LogP contribution in [0.25, 0.3) is 0 Å². The van der Waals surface area contributed by atoms with Crippen LogP contribution in [0.3, 0.4) is 0 Å². The first-order valence-electron chi connectivity index (χ1n) is 8.25. The molecule has 0 aromatic rings. The number of nitrogens with zero attached hydrogens (tertiary/aromatic N) is 1. The van der Waals surface area contributed by atoms with Crippen molar-refractivity contribution in [3.63, 3.8) is 0 Å². The molecule has 0 aromatic heterocycles. The summed E-state index contributed by atoms with van der Waals surface area (Å²) < 4.78 is 0. The number of carbonyl (C=O) groups is 1. The summed E-state index contributed by atoms with van der Waals surface area (Å²) in [6.45, 7) is 13.5. The molecule has 0 aromatic carbocycles. The standard InChI is InChI=1S/C16H33N3O/c1-5-8-19-9-6-7-15(12-19)14(4)17-11-16(20)18-10-13(2)3/h13-15,17H,5-12H2,1-4H3,(H,18,20). The van der Waals surface area contributed by atoms with Gasteiger partial charge in [0.2, 0.25) is 5.91 Å². The van der Waals surface area contributed by atoms with E-state index >= 15 is 0 Å². The van der Waals surface area contributed by atoms with Crippen molar-refractivity contribution in [1.82, 2.24) is 15.5 Å². The van der Waals surface area contributed by atoms with Crippen LogP contribution in [0, 0.1) is 11.8 Å². The van der Waals surface area contributed by atoms with Gasteiger partial charge in [-0.2, -0.15) is 0 Å². The predicted molar refractivity (Wildman–Crippen MR) is 84.8 cm³/mol. The lowest BCUT2D eigenvalue weighted by Crippen LogP contribution is -2.47. The Balaban J connectivity index is 2.24. The Labute approximate surface area is 124 Å². The van der Waals surface area contributed by atoms with E-state index in [1.807, 2.05) is 0 Å². The molecule has 0 radical (unpaired) electrons. The highest BCUT2D eigenvalue weighted by Gasteiger charge is 2.24. The first kappa shape index (κ1) is 17.4. The largest absolute Gasteiger partial charge is 0.355 e. The Bertz CT molecular complexity index is 279. The van der Waals surface area contributed by atoms with E-state index in [2.05, 4.69) is 43.2 Å². The van der Waals surface area contributed by atoms with Crippen LogP contribution in [0.1, 0.15) is 47.0 Å². The van der Waals surface area contributed by atoms with Gasteiger partial charge in [0.15, 0.2) is 0 Å². The molecule has 0 saturated carbocycles. The van der Waals surface area contributed by atoms with Crippen LogP contribution in [0.2, 0.25) is 0 Å². The number of hydrogen-bond donors (Lipinski definition) is 2. The summed E-state index contributed by atoms with van der Waals surface area (Å²) in [4.78, 5) is 14.3. The summed E-state index contributed by atoms with van der Waals surface area (Å²) in [7, 11) is 0. The lowest BCUT2D eigenvalue weighted by molar-refractivity contribution is -0.120. The summed E-state index contributed by atoms with van der Waals surface area (Å²) in [6, 6.07) is 0.416. The van der Waals surface area contributed by atoms with Gasteiger partial charge in [-0.1, -0.05) is 20.8 Å². The Morgan fingerprint density at radius 1 is 1.35 bits per heavy atom. The third-order valence-electron chi connectivity index (χ3n) is 4.08. The molecular formula is C16H33N3O. The molecule has 2 unspecified atom stereocenters. The summed E-state index contributed by atoms with van der Waals surface area (Å²) in [5, 5.41) is 6.36. The zero-order valence-corrected chi connectivity index (χ0v) is 13.7. The van der Waals surface area contributed by atoms with E-state index in [0.717, 1.165) is 6.54 Å². The summed E-state index contributed by atoms with van der Waals surface area (Å²) >= 11 is 0. The minimum atomic E-state index is 0.117. The van der Waals surface area contributed by atoms with E-state index in [1.54, 1.807) is 0 Å². The minimum absolute atomic E-state index is 0.117. The molecule has 1 fully saturated rings.